The van der Waals surface area contributed by atoms with Crippen molar-refractivity contribution in [3.8, 4) is 34.2 Å². The maximum atomic E-state index is 5.07. The largest absolute Gasteiger partial charge is 0.275 e. The predicted octanol–water partition coefficient (Wildman–Crippen LogP) is 7.60. The molecule has 1 unspecified atom stereocenters. The van der Waals surface area contributed by atoms with Crippen LogP contribution in [0.25, 0.3) is 56.7 Å². The summed E-state index contributed by atoms with van der Waals surface area (Å²) >= 11 is 0. The Bertz CT molecular complexity index is 2620. The highest BCUT2D eigenvalue weighted by molar-refractivity contribution is 5.82. The first-order valence-electron chi connectivity index (χ1n) is 16.3. The number of azo groups is 2. The zero-order chi connectivity index (χ0) is 33.7. The van der Waals surface area contributed by atoms with E-state index in [1.807, 2.05) is 92.7 Å². The van der Waals surface area contributed by atoms with Gasteiger partial charge >= 0.3 is 0 Å². The topological polar surface area (TPSA) is 128 Å². The monoisotopic (exact) mass is 661 g/mol. The van der Waals surface area contributed by atoms with E-state index < -0.39 is 0 Å². The highest BCUT2D eigenvalue weighted by Crippen LogP contribution is 2.43. The van der Waals surface area contributed by atoms with Gasteiger partial charge in [-0.15, -0.1) is 0 Å². The second kappa shape index (κ2) is 11.7. The first kappa shape index (κ1) is 28.7. The molecule has 5 aromatic heterocycles. The molecule has 0 saturated heterocycles. The summed E-state index contributed by atoms with van der Waals surface area (Å²) in [4.78, 5) is 38.1. The minimum absolute atomic E-state index is 0.328. The molecule has 12 nitrogen and oxygen atoms in total. The number of benzene rings is 4. The highest BCUT2D eigenvalue weighted by atomic mass is 15.4. The molecule has 0 aliphatic carbocycles. The first-order valence-corrected chi connectivity index (χ1v) is 16.3. The lowest BCUT2D eigenvalue weighted by molar-refractivity contribution is -0.536. The molecule has 9 aromatic rings. The van der Waals surface area contributed by atoms with E-state index in [4.69, 9.17) is 30.0 Å². The molecule has 1 atom stereocenters. The molecular weight excluding hydrogens is 637 g/mol. The molecular formula is C39H25N12+. The van der Waals surface area contributed by atoms with Gasteiger partial charge in [-0.3, -0.25) is 9.13 Å². The van der Waals surface area contributed by atoms with Crippen LogP contribution in [0.5, 0.6) is 0 Å². The zero-order valence-corrected chi connectivity index (χ0v) is 26.8. The van der Waals surface area contributed by atoms with Crippen molar-refractivity contribution >= 4 is 34.1 Å². The standard InChI is InChI=1S/C39H25N12/c1-4-10-25(11-5-1)32-31-33(41-17-16-40-31)48-51(32)30-23-26(36-46-34-38(44-20-18-42-34)49(36)28-12-6-2-7-13-28)22-27(24-30)37-47-35-39(45-21-19-43-35)50(37)29-14-8-3-9-15-29/h1-24,32H/q+1. The SMILES string of the molecule is c1ccc(C2c3nccnc3N=[N+]2c2cc(-c3nc4nccnc4n3-c3ccccc3)cc(-c3nc4nccnc4n3-c3ccccc3)c2)cc1. The average molecular weight is 662 g/mol. The number of hydrogen-bond acceptors (Lipinski definition) is 9. The van der Waals surface area contributed by atoms with E-state index in [1.54, 1.807) is 37.2 Å². The fraction of sp³-hybridized carbons (Fsp3) is 0.0256. The van der Waals surface area contributed by atoms with Crippen molar-refractivity contribution in [3.05, 3.63) is 158 Å². The summed E-state index contributed by atoms with van der Waals surface area (Å²) < 4.78 is 6.04. The lowest BCUT2D eigenvalue weighted by Gasteiger charge is -2.13. The summed E-state index contributed by atoms with van der Waals surface area (Å²) in [5.74, 6) is 1.88. The van der Waals surface area contributed by atoms with Crippen molar-refractivity contribution in [3.63, 3.8) is 0 Å². The van der Waals surface area contributed by atoms with Gasteiger partial charge < -0.3 is 0 Å². The van der Waals surface area contributed by atoms with E-state index in [1.165, 1.54) is 0 Å². The Morgan fingerprint density at radius 2 is 0.980 bits per heavy atom. The van der Waals surface area contributed by atoms with Crippen LogP contribution < -0.4 is 0 Å². The van der Waals surface area contributed by atoms with Crippen LogP contribution in [-0.4, -0.2) is 53.7 Å². The minimum Gasteiger partial charge on any atom is -0.275 e. The molecule has 12 heteroatoms. The van der Waals surface area contributed by atoms with E-state index in [2.05, 4.69) is 45.3 Å². The van der Waals surface area contributed by atoms with Crippen molar-refractivity contribution in [2.45, 2.75) is 6.04 Å². The number of fused-ring (bicyclic) bond motifs is 3. The third-order valence-corrected chi connectivity index (χ3v) is 8.85. The Morgan fingerprint density at radius 1 is 0.490 bits per heavy atom. The van der Waals surface area contributed by atoms with Gasteiger partial charge in [0.05, 0.1) is 0 Å². The van der Waals surface area contributed by atoms with E-state index in [-0.39, 0.29) is 6.04 Å². The maximum Gasteiger partial charge on any atom is 0.255 e. The molecule has 0 bridgehead atoms. The van der Waals surface area contributed by atoms with Crippen molar-refractivity contribution < 1.29 is 4.70 Å². The second-order valence-corrected chi connectivity index (χ2v) is 11.9. The molecule has 0 spiro atoms. The minimum atomic E-state index is -0.328. The van der Waals surface area contributed by atoms with Crippen LogP contribution in [0.4, 0.5) is 11.5 Å². The van der Waals surface area contributed by atoms with Gasteiger partial charge in [-0.1, -0.05) is 71.4 Å². The molecule has 1 aliphatic heterocycles. The Labute approximate surface area is 290 Å². The molecule has 10 rings (SSSR count). The van der Waals surface area contributed by atoms with Crippen molar-refractivity contribution in [1.29, 1.82) is 0 Å². The quantitative estimate of drug-likeness (QED) is 0.167. The van der Waals surface area contributed by atoms with E-state index in [0.29, 0.717) is 40.1 Å². The summed E-state index contributed by atoms with van der Waals surface area (Å²) in [6, 6.07) is 36.2. The molecule has 0 N–H and O–H groups in total. The third-order valence-electron chi connectivity index (χ3n) is 8.85. The summed E-state index contributed by atoms with van der Waals surface area (Å²) in [6.07, 6.45) is 10.1. The Hall–Kier alpha value is -7.34. The lowest BCUT2D eigenvalue weighted by Crippen LogP contribution is -2.12. The number of para-hydroxylation sites is 2. The lowest BCUT2D eigenvalue weighted by atomic mass is 10.0. The summed E-state index contributed by atoms with van der Waals surface area (Å²) in [6.45, 7) is 0. The van der Waals surface area contributed by atoms with E-state index in [0.717, 1.165) is 39.4 Å². The summed E-state index contributed by atoms with van der Waals surface area (Å²) in [7, 11) is 0. The van der Waals surface area contributed by atoms with Gasteiger partial charge in [-0.2, -0.15) is 0 Å². The second-order valence-electron chi connectivity index (χ2n) is 11.9. The molecule has 240 valence electrons. The number of aromatic nitrogens is 10. The molecule has 1 aliphatic rings. The molecule has 0 amide bonds. The first-order chi connectivity index (χ1) is 25.3. The number of rotatable bonds is 6. The normalized spacial score (nSPS) is 13.8. The van der Waals surface area contributed by atoms with Gasteiger partial charge in [0.2, 0.25) is 11.5 Å². The van der Waals surface area contributed by atoms with Gasteiger partial charge in [0.1, 0.15) is 11.6 Å². The molecule has 51 heavy (non-hydrogen) atoms. The fourth-order valence-electron chi connectivity index (χ4n) is 6.68. The molecule has 4 aromatic carbocycles. The van der Waals surface area contributed by atoms with Crippen LogP contribution in [0.1, 0.15) is 17.3 Å². The fourth-order valence-corrected chi connectivity index (χ4v) is 6.68. The van der Waals surface area contributed by atoms with E-state index >= 15 is 0 Å². The van der Waals surface area contributed by atoms with Gasteiger partial charge in [0.25, 0.3) is 6.04 Å². The number of imidazole rings is 2. The van der Waals surface area contributed by atoms with Gasteiger partial charge in [-0.05, 0) is 30.3 Å². The molecule has 0 fully saturated rings. The van der Waals surface area contributed by atoms with Gasteiger partial charge in [-0.25, -0.2) is 39.9 Å². The summed E-state index contributed by atoms with van der Waals surface area (Å²) in [5, 5.41) is 5.05. The Balaban J connectivity index is 1.28. The predicted molar refractivity (Wildman–Crippen MR) is 190 cm³/mol. The van der Waals surface area contributed by atoms with Crippen LogP contribution in [0.2, 0.25) is 0 Å². The van der Waals surface area contributed by atoms with Crippen LogP contribution in [0.3, 0.4) is 0 Å². The van der Waals surface area contributed by atoms with Crippen LogP contribution >= 0.6 is 0 Å². The van der Waals surface area contributed by atoms with Gasteiger partial charge in [0, 0.05) is 82.5 Å². The molecule has 0 radical (unpaired) electrons. The number of nitrogens with zero attached hydrogens (tertiary/aromatic N) is 12. The van der Waals surface area contributed by atoms with Crippen molar-refractivity contribution in [1.82, 2.24) is 49.0 Å². The number of hydrogen-bond donors (Lipinski definition) is 0. The zero-order valence-electron chi connectivity index (χ0n) is 26.8. The van der Waals surface area contributed by atoms with Crippen LogP contribution in [0, 0.1) is 0 Å². The molecule has 6 heterocycles. The molecule has 0 saturated carbocycles. The summed E-state index contributed by atoms with van der Waals surface area (Å²) in [5.41, 5.74) is 8.35. The Kier molecular flexibility index (Phi) is 6.55. The highest BCUT2D eigenvalue weighted by Gasteiger charge is 2.40. The maximum absolute atomic E-state index is 5.07. The smallest absolute Gasteiger partial charge is 0.255 e. The van der Waals surface area contributed by atoms with E-state index in [9.17, 15) is 0 Å². The van der Waals surface area contributed by atoms with Crippen LogP contribution in [0.15, 0.2) is 151 Å². The van der Waals surface area contributed by atoms with Crippen LogP contribution in [-0.2, 0) is 0 Å². The third kappa shape index (κ3) is 4.76. The van der Waals surface area contributed by atoms with Crippen molar-refractivity contribution in [2.75, 3.05) is 0 Å². The van der Waals surface area contributed by atoms with Gasteiger partial charge in [0.15, 0.2) is 28.3 Å². The van der Waals surface area contributed by atoms with Crippen molar-refractivity contribution in [2.24, 2.45) is 5.11 Å². The average Bonchev–Trinajstić information content (AvgIpc) is 3.91. The Morgan fingerprint density at radius 3 is 1.55 bits per heavy atom.